The van der Waals surface area contributed by atoms with Crippen LogP contribution < -0.4 is 0 Å². The van der Waals surface area contributed by atoms with E-state index in [1.807, 2.05) is 19.9 Å². The first-order valence-corrected chi connectivity index (χ1v) is 12.2. The zero-order valence-corrected chi connectivity index (χ0v) is 21.9. The van der Waals surface area contributed by atoms with Gasteiger partial charge in [0.1, 0.15) is 0 Å². The van der Waals surface area contributed by atoms with Crippen molar-refractivity contribution in [2.75, 3.05) is 54.9 Å². The first-order chi connectivity index (χ1) is 13.6. The van der Waals surface area contributed by atoms with E-state index in [1.165, 1.54) is 14.2 Å². The monoisotopic (exact) mass is 440 g/mol. The van der Waals surface area contributed by atoms with E-state index >= 15 is 0 Å². The third-order valence-electron chi connectivity index (χ3n) is 3.88. The minimum Gasteiger partial charge on any atom is -0.385 e. The molecule has 0 aromatic heterocycles. The van der Waals surface area contributed by atoms with Crippen LogP contribution in [0.2, 0.25) is 0 Å². The molecular formula is C21H49N2O5P. The van der Waals surface area contributed by atoms with Crippen LogP contribution in [0, 0.1) is 11.3 Å². The molecule has 0 atom stereocenters. The maximum absolute atomic E-state index is 11.5. The number of unbranched alkanes of at least 4 members (excludes halogenated alkanes) is 2. The van der Waals surface area contributed by atoms with Gasteiger partial charge in [0.2, 0.25) is 0 Å². The second-order valence-electron chi connectivity index (χ2n) is 6.51. The second-order valence-corrected chi connectivity index (χ2v) is 8.91. The van der Waals surface area contributed by atoms with E-state index in [0.717, 1.165) is 25.9 Å². The van der Waals surface area contributed by atoms with Gasteiger partial charge in [-0.1, -0.05) is 20.3 Å². The summed E-state index contributed by atoms with van der Waals surface area (Å²) < 4.78 is 30.6. The number of hydrogen-bond donors (Lipinski definition) is 0. The van der Waals surface area contributed by atoms with E-state index in [4.69, 9.17) is 19.0 Å². The topological polar surface area (TPSA) is 81.0 Å². The largest absolute Gasteiger partial charge is 0.385 e. The van der Waals surface area contributed by atoms with Gasteiger partial charge in [0.05, 0.1) is 25.3 Å². The Hall–Kier alpha value is -0.480. The van der Waals surface area contributed by atoms with Crippen molar-refractivity contribution < 1.29 is 23.1 Å². The van der Waals surface area contributed by atoms with Crippen LogP contribution in [0.15, 0.2) is 0 Å². The highest BCUT2D eigenvalue weighted by atomic mass is 31.2. The molecule has 29 heavy (non-hydrogen) atoms. The smallest absolute Gasteiger partial charge is 0.330 e. The van der Waals surface area contributed by atoms with Crippen LogP contribution in [0.4, 0.5) is 0 Å². The first-order valence-electron chi connectivity index (χ1n) is 10.4. The van der Waals surface area contributed by atoms with Gasteiger partial charge in [0, 0.05) is 47.1 Å². The van der Waals surface area contributed by atoms with Crippen molar-refractivity contribution in [3.8, 4) is 6.07 Å². The maximum Gasteiger partial charge on any atom is 0.330 e. The summed E-state index contributed by atoms with van der Waals surface area (Å²) in [5.41, 5.74) is 0. The van der Waals surface area contributed by atoms with Crippen LogP contribution in [-0.2, 0) is 23.1 Å². The SMILES string of the molecule is CC.CC(C)N(C)C(C)C.COCCC#N.COCCCCCP(=O)(OC)OC. The number of rotatable bonds is 12. The van der Waals surface area contributed by atoms with E-state index in [1.54, 1.807) is 14.2 Å². The number of methoxy groups -OCH3 is 2. The fraction of sp³-hybridized carbons (Fsp3) is 0.952. The number of hydrogen-bond acceptors (Lipinski definition) is 7. The van der Waals surface area contributed by atoms with Gasteiger partial charge in [-0.25, -0.2) is 0 Å². The molecule has 0 saturated carbocycles. The molecule has 0 aliphatic rings. The zero-order chi connectivity index (χ0) is 23.7. The van der Waals surface area contributed by atoms with Crippen molar-refractivity contribution >= 4 is 7.60 Å². The number of ether oxygens (including phenoxy) is 2. The summed E-state index contributed by atoms with van der Waals surface area (Å²) in [7, 11) is 5.47. The highest BCUT2D eigenvalue weighted by Gasteiger charge is 2.19. The Morgan fingerprint density at radius 1 is 0.862 bits per heavy atom. The lowest BCUT2D eigenvalue weighted by Crippen LogP contribution is -2.32. The van der Waals surface area contributed by atoms with Crippen LogP contribution >= 0.6 is 7.60 Å². The lowest BCUT2D eigenvalue weighted by atomic mass is 10.3. The number of nitriles is 1. The summed E-state index contributed by atoms with van der Waals surface area (Å²) in [5.74, 6) is 0. The molecule has 0 aromatic carbocycles. The first kappa shape index (κ1) is 35.9. The van der Waals surface area contributed by atoms with Crippen molar-refractivity contribution in [1.82, 2.24) is 4.90 Å². The van der Waals surface area contributed by atoms with Crippen molar-refractivity contribution in [3.05, 3.63) is 0 Å². The zero-order valence-electron chi connectivity index (χ0n) is 21.0. The van der Waals surface area contributed by atoms with E-state index in [9.17, 15) is 4.57 Å². The Morgan fingerprint density at radius 2 is 1.31 bits per heavy atom. The molecule has 8 heteroatoms. The normalized spacial score (nSPS) is 10.4. The molecule has 0 amide bonds. The summed E-state index contributed by atoms with van der Waals surface area (Å²) in [6, 6.07) is 3.30. The molecule has 0 N–H and O–H groups in total. The fourth-order valence-electron chi connectivity index (χ4n) is 1.73. The Kier molecular flexibility index (Phi) is 34.1. The van der Waals surface area contributed by atoms with E-state index in [-0.39, 0.29) is 0 Å². The molecule has 0 bridgehead atoms. The van der Waals surface area contributed by atoms with Crippen LogP contribution in [0.5, 0.6) is 0 Å². The molecule has 0 rings (SSSR count). The average Bonchev–Trinajstić information content (AvgIpc) is 2.73. The summed E-state index contributed by atoms with van der Waals surface area (Å²) in [5, 5.41) is 7.87. The summed E-state index contributed by atoms with van der Waals surface area (Å²) >= 11 is 0. The Labute approximate surface area is 181 Å². The molecule has 7 nitrogen and oxygen atoms in total. The van der Waals surface area contributed by atoms with Gasteiger partial charge in [0.25, 0.3) is 0 Å². The summed E-state index contributed by atoms with van der Waals surface area (Å²) in [6.07, 6.45) is 3.82. The minimum atomic E-state index is -2.77. The van der Waals surface area contributed by atoms with Gasteiger partial charge < -0.3 is 23.4 Å². The standard InChI is InChI=1S/C8H19O4P.C7H17N.C4H7NO.C2H6/c1-10-7-5-4-6-8-13(9,11-2)12-3;1-6(2)8(5)7(3)4;1-6-4-2-3-5;1-2/h4-8H2,1-3H3;6-7H,1-5H3;2,4H2,1H3;1-2H3. The van der Waals surface area contributed by atoms with Gasteiger partial charge in [-0.2, -0.15) is 5.26 Å². The summed E-state index contributed by atoms with van der Waals surface area (Å²) in [4.78, 5) is 2.33. The fourth-order valence-corrected chi connectivity index (χ4v) is 2.85. The van der Waals surface area contributed by atoms with E-state index < -0.39 is 7.60 Å². The third kappa shape index (κ3) is 29.8. The van der Waals surface area contributed by atoms with Gasteiger partial charge in [-0.15, -0.1) is 0 Å². The molecule has 178 valence electrons. The van der Waals surface area contributed by atoms with Gasteiger partial charge in [-0.05, 0) is 47.6 Å². The Morgan fingerprint density at radius 3 is 1.55 bits per heavy atom. The molecule has 0 aliphatic carbocycles. The second kappa shape index (κ2) is 27.5. The molecule has 0 saturated heterocycles. The third-order valence-corrected chi connectivity index (χ3v) is 5.86. The maximum atomic E-state index is 11.5. The van der Waals surface area contributed by atoms with Crippen LogP contribution in [-0.4, -0.2) is 71.8 Å². The molecule has 0 spiro atoms. The highest BCUT2D eigenvalue weighted by molar-refractivity contribution is 7.53. The highest BCUT2D eigenvalue weighted by Crippen LogP contribution is 2.46. The molecular weight excluding hydrogens is 391 g/mol. The summed E-state index contributed by atoms with van der Waals surface area (Å²) in [6.45, 7) is 14.1. The lowest BCUT2D eigenvalue weighted by Gasteiger charge is -2.24. The van der Waals surface area contributed by atoms with Crippen molar-refractivity contribution in [2.45, 2.75) is 79.3 Å². The van der Waals surface area contributed by atoms with Gasteiger partial charge in [0.15, 0.2) is 0 Å². The lowest BCUT2D eigenvalue weighted by molar-refractivity contribution is 0.192. The molecule has 0 aromatic rings. The molecule has 0 radical (unpaired) electrons. The molecule has 0 aliphatic heterocycles. The number of nitrogens with zero attached hydrogens (tertiary/aromatic N) is 2. The van der Waals surface area contributed by atoms with Gasteiger partial charge >= 0.3 is 7.60 Å². The van der Waals surface area contributed by atoms with Gasteiger partial charge in [-0.3, -0.25) is 4.57 Å². The molecule has 0 fully saturated rings. The average molecular weight is 441 g/mol. The Balaban J connectivity index is -0.000000167. The van der Waals surface area contributed by atoms with Crippen molar-refractivity contribution in [3.63, 3.8) is 0 Å². The van der Waals surface area contributed by atoms with Crippen molar-refractivity contribution in [1.29, 1.82) is 5.26 Å². The minimum absolute atomic E-state index is 0.490. The van der Waals surface area contributed by atoms with Crippen LogP contribution in [0.25, 0.3) is 0 Å². The predicted molar refractivity (Wildman–Crippen MR) is 124 cm³/mol. The predicted octanol–water partition coefficient (Wildman–Crippen LogP) is 5.60. The quantitative estimate of drug-likeness (QED) is 0.289. The van der Waals surface area contributed by atoms with Crippen LogP contribution in [0.3, 0.4) is 0 Å². The Bertz CT molecular complexity index is 372. The van der Waals surface area contributed by atoms with E-state index in [2.05, 4.69) is 44.4 Å². The van der Waals surface area contributed by atoms with Crippen LogP contribution in [0.1, 0.15) is 67.2 Å². The molecule has 0 unspecified atom stereocenters. The molecule has 0 heterocycles. The van der Waals surface area contributed by atoms with E-state index in [0.29, 0.717) is 31.3 Å². The van der Waals surface area contributed by atoms with Crippen molar-refractivity contribution in [2.24, 2.45) is 0 Å².